The van der Waals surface area contributed by atoms with Crippen molar-refractivity contribution in [3.05, 3.63) is 24.0 Å². The normalized spacial score (nSPS) is 12.2. The molecule has 1 amide bonds. The molecule has 1 aromatic heterocycles. The third kappa shape index (κ3) is 3.39. The summed E-state index contributed by atoms with van der Waals surface area (Å²) in [6.07, 6.45) is 1.59. The molecule has 0 fully saturated rings. The zero-order chi connectivity index (χ0) is 13.0. The number of amides is 1. The first-order valence-corrected chi connectivity index (χ1v) is 5.65. The molecule has 1 aromatic rings. The highest BCUT2D eigenvalue weighted by Gasteiger charge is 2.20. The van der Waals surface area contributed by atoms with E-state index in [0.717, 1.165) is 0 Å². The van der Waals surface area contributed by atoms with Crippen LogP contribution in [0, 0.1) is 5.92 Å². The van der Waals surface area contributed by atoms with E-state index >= 15 is 0 Å². The summed E-state index contributed by atoms with van der Waals surface area (Å²) in [5.74, 6) is -0.357. The molecule has 0 aliphatic heterocycles. The van der Waals surface area contributed by atoms with E-state index in [-0.39, 0.29) is 10.9 Å². The summed E-state index contributed by atoms with van der Waals surface area (Å²) in [7, 11) is 0. The predicted molar refractivity (Wildman–Crippen MR) is 71.6 cm³/mol. The Hall–Kier alpha value is -1.69. The Balaban J connectivity index is 3.01. The van der Waals surface area contributed by atoms with Gasteiger partial charge in [-0.2, -0.15) is 0 Å². The number of pyridine rings is 1. The van der Waals surface area contributed by atoms with Crippen LogP contribution < -0.4 is 16.8 Å². The number of anilines is 1. The molecule has 0 saturated carbocycles. The maximum Gasteiger partial charge on any atom is 0.240 e. The molecule has 5 nitrogen and oxygen atoms in total. The van der Waals surface area contributed by atoms with E-state index in [1.165, 1.54) is 0 Å². The number of nitrogens with zero attached hydrogens (tertiary/aromatic N) is 1. The van der Waals surface area contributed by atoms with Gasteiger partial charge in [-0.15, -0.1) is 0 Å². The highest BCUT2D eigenvalue weighted by molar-refractivity contribution is 7.80. The van der Waals surface area contributed by atoms with Crippen molar-refractivity contribution in [2.24, 2.45) is 17.4 Å². The fourth-order valence-corrected chi connectivity index (χ4v) is 1.61. The Bertz CT molecular complexity index is 433. The fourth-order valence-electron chi connectivity index (χ4n) is 1.45. The van der Waals surface area contributed by atoms with Crippen molar-refractivity contribution < 1.29 is 4.79 Å². The number of carbonyl (C=O) groups is 1. The molecule has 1 rings (SSSR count). The lowest BCUT2D eigenvalue weighted by Crippen LogP contribution is -2.40. The van der Waals surface area contributed by atoms with Gasteiger partial charge in [0.05, 0.1) is 5.69 Å². The summed E-state index contributed by atoms with van der Waals surface area (Å²) in [5, 5.41) is 3.02. The second kappa shape index (κ2) is 5.58. The largest absolute Gasteiger partial charge is 0.388 e. The van der Waals surface area contributed by atoms with Crippen molar-refractivity contribution in [2.75, 3.05) is 5.32 Å². The van der Waals surface area contributed by atoms with Crippen molar-refractivity contribution in [3.63, 3.8) is 0 Å². The van der Waals surface area contributed by atoms with Gasteiger partial charge >= 0.3 is 0 Å². The maximum absolute atomic E-state index is 11.3. The highest BCUT2D eigenvalue weighted by atomic mass is 32.1. The molecule has 5 N–H and O–H groups in total. The highest BCUT2D eigenvalue weighted by Crippen LogP contribution is 2.16. The predicted octanol–water partition coefficient (Wildman–Crippen LogP) is 0.638. The quantitative estimate of drug-likeness (QED) is 0.668. The van der Waals surface area contributed by atoms with Crippen LogP contribution in [0.4, 0.5) is 5.69 Å². The Morgan fingerprint density at radius 2 is 2.12 bits per heavy atom. The standard InChI is InChI=1S/C11H16N4OS/c1-6(2)8(10(12)16)15-7-4-3-5-14-9(7)11(13)17/h3-6,8,15H,1-2H3,(H2,12,16)(H2,13,17). The molecule has 0 radical (unpaired) electrons. The molecular weight excluding hydrogens is 236 g/mol. The Kier molecular flexibility index (Phi) is 4.39. The minimum atomic E-state index is -0.479. The molecule has 0 saturated heterocycles. The Morgan fingerprint density at radius 1 is 1.47 bits per heavy atom. The maximum atomic E-state index is 11.3. The second-order valence-electron chi connectivity index (χ2n) is 4.03. The Labute approximate surface area is 106 Å². The average molecular weight is 252 g/mol. The van der Waals surface area contributed by atoms with E-state index in [4.69, 9.17) is 23.7 Å². The van der Waals surface area contributed by atoms with E-state index in [9.17, 15) is 4.79 Å². The van der Waals surface area contributed by atoms with Crippen LogP contribution in [-0.2, 0) is 4.79 Å². The minimum Gasteiger partial charge on any atom is -0.388 e. The molecule has 0 aliphatic rings. The number of rotatable bonds is 5. The summed E-state index contributed by atoms with van der Waals surface area (Å²) >= 11 is 4.89. The van der Waals surface area contributed by atoms with Crippen LogP contribution in [0.5, 0.6) is 0 Å². The van der Waals surface area contributed by atoms with E-state index in [0.29, 0.717) is 11.4 Å². The van der Waals surface area contributed by atoms with Crippen LogP contribution in [0.25, 0.3) is 0 Å². The van der Waals surface area contributed by atoms with E-state index < -0.39 is 11.9 Å². The van der Waals surface area contributed by atoms with Gasteiger partial charge in [0.25, 0.3) is 0 Å². The molecule has 1 atom stereocenters. The molecule has 0 spiro atoms. The molecule has 17 heavy (non-hydrogen) atoms. The van der Waals surface area contributed by atoms with E-state index in [2.05, 4.69) is 10.3 Å². The molecule has 1 unspecified atom stereocenters. The molecule has 0 aliphatic carbocycles. The first-order chi connectivity index (χ1) is 7.93. The third-order valence-corrected chi connectivity index (χ3v) is 2.52. The van der Waals surface area contributed by atoms with Crippen LogP contribution >= 0.6 is 12.2 Å². The lowest BCUT2D eigenvalue weighted by Gasteiger charge is -2.21. The van der Waals surface area contributed by atoms with Crippen molar-refractivity contribution >= 4 is 28.8 Å². The van der Waals surface area contributed by atoms with Crippen LogP contribution in [0.3, 0.4) is 0 Å². The molecule has 6 heteroatoms. The molecular formula is C11H16N4OS. The van der Waals surface area contributed by atoms with Crippen molar-refractivity contribution in [2.45, 2.75) is 19.9 Å². The minimum absolute atomic E-state index is 0.0619. The molecule has 1 heterocycles. The lowest BCUT2D eigenvalue weighted by atomic mass is 10.0. The van der Waals surface area contributed by atoms with E-state index in [1.54, 1.807) is 18.3 Å². The number of nitrogens with two attached hydrogens (primary N) is 2. The van der Waals surface area contributed by atoms with Gasteiger partial charge in [0.1, 0.15) is 16.7 Å². The van der Waals surface area contributed by atoms with Crippen molar-refractivity contribution in [1.82, 2.24) is 4.98 Å². The van der Waals surface area contributed by atoms with Gasteiger partial charge in [-0.05, 0) is 18.1 Å². The molecule has 92 valence electrons. The number of primary amides is 1. The zero-order valence-electron chi connectivity index (χ0n) is 9.81. The van der Waals surface area contributed by atoms with Gasteiger partial charge in [-0.25, -0.2) is 0 Å². The number of hydrogen-bond donors (Lipinski definition) is 3. The Morgan fingerprint density at radius 3 is 2.59 bits per heavy atom. The van der Waals surface area contributed by atoms with Crippen molar-refractivity contribution in [3.8, 4) is 0 Å². The monoisotopic (exact) mass is 252 g/mol. The summed E-state index contributed by atoms with van der Waals surface area (Å²) in [4.78, 5) is 15.6. The van der Waals surface area contributed by atoms with Crippen LogP contribution in [0.15, 0.2) is 18.3 Å². The van der Waals surface area contributed by atoms with E-state index in [1.807, 2.05) is 13.8 Å². The van der Waals surface area contributed by atoms with Crippen LogP contribution in [0.2, 0.25) is 0 Å². The summed E-state index contributed by atoms with van der Waals surface area (Å²) in [6, 6.07) is 3.02. The van der Waals surface area contributed by atoms with Crippen LogP contribution in [-0.4, -0.2) is 21.9 Å². The smallest absolute Gasteiger partial charge is 0.240 e. The zero-order valence-corrected chi connectivity index (χ0v) is 10.6. The SMILES string of the molecule is CC(C)C(Nc1cccnc1C(N)=S)C(N)=O. The van der Waals surface area contributed by atoms with Gasteiger partial charge in [0.2, 0.25) is 5.91 Å². The van der Waals surface area contributed by atoms with Gasteiger partial charge < -0.3 is 16.8 Å². The third-order valence-electron chi connectivity index (χ3n) is 2.33. The number of thiocarbonyl (C=S) groups is 1. The number of aromatic nitrogens is 1. The number of carbonyl (C=O) groups excluding carboxylic acids is 1. The van der Waals surface area contributed by atoms with Crippen molar-refractivity contribution in [1.29, 1.82) is 0 Å². The summed E-state index contributed by atoms with van der Waals surface area (Å²) in [5.41, 5.74) is 12.0. The first-order valence-electron chi connectivity index (χ1n) is 5.24. The summed E-state index contributed by atoms with van der Waals surface area (Å²) in [6.45, 7) is 3.80. The van der Waals surface area contributed by atoms with Gasteiger partial charge in [-0.3, -0.25) is 9.78 Å². The topological polar surface area (TPSA) is 94.0 Å². The molecule has 0 bridgehead atoms. The van der Waals surface area contributed by atoms with Gasteiger partial charge in [0.15, 0.2) is 0 Å². The number of hydrogen-bond acceptors (Lipinski definition) is 4. The van der Waals surface area contributed by atoms with Gasteiger partial charge in [0, 0.05) is 6.20 Å². The first kappa shape index (κ1) is 13.4. The fraction of sp³-hybridized carbons (Fsp3) is 0.364. The summed E-state index contributed by atoms with van der Waals surface area (Å²) < 4.78 is 0. The average Bonchev–Trinajstić information content (AvgIpc) is 2.25. The number of nitrogens with one attached hydrogen (secondary N) is 1. The van der Waals surface area contributed by atoms with Crippen LogP contribution in [0.1, 0.15) is 19.5 Å². The lowest BCUT2D eigenvalue weighted by molar-refractivity contribution is -0.119. The second-order valence-corrected chi connectivity index (χ2v) is 4.47. The van der Waals surface area contributed by atoms with Gasteiger partial charge in [-0.1, -0.05) is 26.1 Å². The molecule has 0 aromatic carbocycles.